The molecule has 0 aromatic heterocycles. The van der Waals surface area contributed by atoms with Crippen molar-refractivity contribution in [2.75, 3.05) is 0 Å². The van der Waals surface area contributed by atoms with E-state index in [0.29, 0.717) is 0 Å². The van der Waals surface area contributed by atoms with Crippen molar-refractivity contribution >= 4 is 12.0 Å². The predicted octanol–water partition coefficient (Wildman–Crippen LogP) is -0.729. The lowest BCUT2D eigenvalue weighted by atomic mass is 10.6. The Balaban J connectivity index is 2.58. The van der Waals surface area contributed by atoms with Crippen LogP contribution in [-0.2, 0) is 9.63 Å². The number of amides is 2. The van der Waals surface area contributed by atoms with Gasteiger partial charge in [-0.25, -0.2) is 4.79 Å². The average molecular weight is 128 g/mol. The Morgan fingerprint density at radius 3 is 3.00 bits per heavy atom. The summed E-state index contributed by atoms with van der Waals surface area (Å²) in [6.07, 6.45) is 1.65. The van der Waals surface area contributed by atoms with Gasteiger partial charge in [-0.1, -0.05) is 0 Å². The Kier molecular flexibility index (Phi) is 1.35. The van der Waals surface area contributed by atoms with E-state index in [2.05, 4.69) is 10.2 Å². The van der Waals surface area contributed by atoms with Crippen molar-refractivity contribution in [3.05, 3.63) is 12.3 Å². The van der Waals surface area contributed by atoms with Gasteiger partial charge in [0.05, 0.1) is 0 Å². The predicted molar refractivity (Wildman–Crippen MR) is 26.9 cm³/mol. The molecular weight excluding hydrogens is 124 g/mol. The minimum Gasteiger partial charge on any atom is -0.321 e. The van der Waals surface area contributed by atoms with E-state index in [9.17, 15) is 9.59 Å². The van der Waals surface area contributed by atoms with Crippen LogP contribution in [0.4, 0.5) is 4.79 Å². The fourth-order valence-corrected chi connectivity index (χ4v) is 0.346. The lowest BCUT2D eigenvalue weighted by molar-refractivity contribution is -0.124. The topological polar surface area (TPSA) is 67.4 Å². The monoisotopic (exact) mass is 128 g/mol. The molecule has 1 heterocycles. The van der Waals surface area contributed by atoms with Gasteiger partial charge in [0.2, 0.25) is 0 Å². The maximum atomic E-state index is 10.3. The third-order valence-electron chi connectivity index (χ3n) is 0.680. The Morgan fingerprint density at radius 2 is 2.22 bits per heavy atom. The van der Waals surface area contributed by atoms with E-state index in [1.807, 2.05) is 5.48 Å². The first-order chi connectivity index (χ1) is 4.29. The Labute approximate surface area is 50.6 Å². The summed E-state index contributed by atoms with van der Waals surface area (Å²) in [4.78, 5) is 24.6. The van der Waals surface area contributed by atoms with Crippen molar-refractivity contribution in [1.82, 2.24) is 10.8 Å². The van der Waals surface area contributed by atoms with Gasteiger partial charge < -0.3 is 4.84 Å². The van der Waals surface area contributed by atoms with Crippen molar-refractivity contribution in [3.63, 3.8) is 0 Å². The van der Waals surface area contributed by atoms with E-state index in [-0.39, 0.29) is 0 Å². The van der Waals surface area contributed by atoms with Crippen LogP contribution in [0, 0.1) is 0 Å². The number of nitrogens with one attached hydrogen (secondary N) is 2. The van der Waals surface area contributed by atoms with Crippen molar-refractivity contribution in [2.24, 2.45) is 0 Å². The molecule has 2 N–H and O–H groups in total. The number of hydroxylamine groups is 1. The highest BCUT2D eigenvalue weighted by molar-refractivity contribution is 5.89. The number of carbonyl (C=O) groups excluding carboxylic acids is 2. The van der Waals surface area contributed by atoms with Crippen LogP contribution in [0.1, 0.15) is 0 Å². The standard InChI is InChI=1S/C4H4N2O3/c7-3-1-2-5-4(8)9-6-3/h1-2H,(H,5,8)(H,6,7). The van der Waals surface area contributed by atoms with Crippen LogP contribution in [0.25, 0.3) is 0 Å². The molecule has 0 aromatic carbocycles. The molecule has 0 fully saturated rings. The summed E-state index contributed by atoms with van der Waals surface area (Å²) in [5.74, 6) is -0.464. The quantitative estimate of drug-likeness (QED) is 0.452. The molecule has 0 saturated heterocycles. The zero-order chi connectivity index (χ0) is 6.69. The van der Waals surface area contributed by atoms with Gasteiger partial charge in [-0.2, -0.15) is 5.48 Å². The molecular formula is C4H4N2O3. The van der Waals surface area contributed by atoms with E-state index in [4.69, 9.17) is 0 Å². The molecule has 48 valence electrons. The molecule has 1 aliphatic heterocycles. The molecule has 1 aliphatic rings. The molecule has 2 amide bonds. The molecule has 0 aliphatic carbocycles. The molecule has 0 spiro atoms. The van der Waals surface area contributed by atoms with Crippen LogP contribution in [0.15, 0.2) is 12.3 Å². The summed E-state index contributed by atoms with van der Waals surface area (Å²) in [5, 5.41) is 2.15. The van der Waals surface area contributed by atoms with Gasteiger partial charge in [-0.3, -0.25) is 10.1 Å². The van der Waals surface area contributed by atoms with Gasteiger partial charge in [0, 0.05) is 12.3 Å². The zero-order valence-corrected chi connectivity index (χ0v) is 4.38. The Hall–Kier alpha value is -1.52. The molecule has 0 saturated carbocycles. The summed E-state index contributed by atoms with van der Waals surface area (Å²) >= 11 is 0. The van der Waals surface area contributed by atoms with Crippen LogP contribution >= 0.6 is 0 Å². The summed E-state index contributed by atoms with van der Waals surface area (Å²) in [6, 6.07) is 0. The lowest BCUT2D eigenvalue weighted by Crippen LogP contribution is -2.26. The summed E-state index contributed by atoms with van der Waals surface area (Å²) in [7, 11) is 0. The second kappa shape index (κ2) is 2.17. The smallest absolute Gasteiger partial charge is 0.321 e. The number of hydrogen-bond donors (Lipinski definition) is 2. The second-order valence-corrected chi connectivity index (χ2v) is 1.33. The third-order valence-corrected chi connectivity index (χ3v) is 0.680. The van der Waals surface area contributed by atoms with Gasteiger partial charge >= 0.3 is 6.09 Å². The van der Waals surface area contributed by atoms with E-state index >= 15 is 0 Å². The molecule has 9 heavy (non-hydrogen) atoms. The van der Waals surface area contributed by atoms with Gasteiger partial charge in [-0.05, 0) is 0 Å². The first kappa shape index (κ1) is 5.61. The van der Waals surface area contributed by atoms with Crippen molar-refractivity contribution < 1.29 is 14.4 Å². The number of hydrogen-bond acceptors (Lipinski definition) is 3. The summed E-state index contributed by atoms with van der Waals surface area (Å²) < 4.78 is 0. The Bertz CT molecular complexity index is 175. The number of rotatable bonds is 0. The van der Waals surface area contributed by atoms with Crippen LogP contribution < -0.4 is 10.8 Å². The summed E-state index contributed by atoms with van der Waals surface area (Å²) in [6.45, 7) is 0. The van der Waals surface area contributed by atoms with E-state index in [1.54, 1.807) is 0 Å². The molecule has 0 atom stereocenters. The molecule has 5 heteroatoms. The molecule has 1 rings (SSSR count). The van der Waals surface area contributed by atoms with Gasteiger partial charge in [0.1, 0.15) is 0 Å². The Morgan fingerprint density at radius 1 is 1.44 bits per heavy atom. The lowest BCUT2D eigenvalue weighted by Gasteiger charge is -1.95. The van der Waals surface area contributed by atoms with E-state index in [0.717, 1.165) is 6.08 Å². The van der Waals surface area contributed by atoms with Crippen LogP contribution in [0.3, 0.4) is 0 Å². The fraction of sp³-hybridized carbons (Fsp3) is 0. The summed E-state index contributed by atoms with van der Waals surface area (Å²) in [5.41, 5.74) is 1.86. The minimum absolute atomic E-state index is 0.464. The van der Waals surface area contributed by atoms with Crippen molar-refractivity contribution in [1.29, 1.82) is 0 Å². The minimum atomic E-state index is -0.697. The fourth-order valence-electron chi connectivity index (χ4n) is 0.346. The molecule has 0 unspecified atom stereocenters. The zero-order valence-electron chi connectivity index (χ0n) is 4.38. The maximum Gasteiger partial charge on any atom is 0.435 e. The second-order valence-electron chi connectivity index (χ2n) is 1.33. The van der Waals surface area contributed by atoms with E-state index < -0.39 is 12.0 Å². The maximum absolute atomic E-state index is 10.3. The normalized spacial score (nSPS) is 17.3. The SMILES string of the molecule is O=C1C=CNC(=O)ON1. The van der Waals surface area contributed by atoms with Crippen LogP contribution in [-0.4, -0.2) is 12.0 Å². The van der Waals surface area contributed by atoms with Crippen LogP contribution in [0.5, 0.6) is 0 Å². The van der Waals surface area contributed by atoms with Crippen molar-refractivity contribution in [3.8, 4) is 0 Å². The molecule has 0 bridgehead atoms. The molecule has 0 aromatic rings. The van der Waals surface area contributed by atoms with E-state index in [1.165, 1.54) is 6.20 Å². The van der Waals surface area contributed by atoms with Gasteiger partial charge in [0.15, 0.2) is 0 Å². The largest absolute Gasteiger partial charge is 0.435 e. The highest BCUT2D eigenvalue weighted by Gasteiger charge is 2.05. The average Bonchev–Trinajstić information content (AvgIpc) is 1.97. The van der Waals surface area contributed by atoms with Gasteiger partial charge in [0.25, 0.3) is 5.91 Å². The van der Waals surface area contributed by atoms with Crippen LogP contribution in [0.2, 0.25) is 0 Å². The first-order valence-corrected chi connectivity index (χ1v) is 2.23. The van der Waals surface area contributed by atoms with Gasteiger partial charge in [-0.15, -0.1) is 0 Å². The highest BCUT2D eigenvalue weighted by atomic mass is 16.7. The molecule has 0 radical (unpaired) electrons. The first-order valence-electron chi connectivity index (χ1n) is 2.23. The number of carbonyl (C=O) groups is 2. The third kappa shape index (κ3) is 1.45. The van der Waals surface area contributed by atoms with Crippen molar-refractivity contribution in [2.45, 2.75) is 0 Å². The molecule has 5 nitrogen and oxygen atoms in total. The highest BCUT2D eigenvalue weighted by Crippen LogP contribution is 1.80.